The number of aliphatic hydroxyl groups is 1. The largest absolute Gasteiger partial charge is 0.392 e. The van der Waals surface area contributed by atoms with E-state index in [1.165, 1.54) is 0 Å². The van der Waals surface area contributed by atoms with Gasteiger partial charge in [0.25, 0.3) is 0 Å². The highest BCUT2D eigenvalue weighted by atomic mass is 16.5. The Labute approximate surface area is 84.1 Å². The van der Waals surface area contributed by atoms with Gasteiger partial charge in [-0.2, -0.15) is 0 Å². The minimum Gasteiger partial charge on any atom is -0.392 e. The first kappa shape index (κ1) is 10.9. The molecule has 4 heteroatoms. The van der Waals surface area contributed by atoms with Crippen molar-refractivity contribution < 1.29 is 9.84 Å². The standard InChI is InChI=1S/C10H16N2O2/c1-12(6-7-14-2)10-9(8-13)4-3-5-11-10/h3-5,13H,6-8H2,1-2H3. The smallest absolute Gasteiger partial charge is 0.133 e. The maximum Gasteiger partial charge on any atom is 0.133 e. The van der Waals surface area contributed by atoms with Crippen LogP contribution >= 0.6 is 0 Å². The molecule has 0 radical (unpaired) electrons. The zero-order valence-electron chi connectivity index (χ0n) is 8.60. The third-order valence-electron chi connectivity index (χ3n) is 2.03. The fraction of sp³-hybridized carbons (Fsp3) is 0.500. The lowest BCUT2D eigenvalue weighted by Gasteiger charge is -2.19. The summed E-state index contributed by atoms with van der Waals surface area (Å²) in [5, 5.41) is 9.09. The maximum absolute atomic E-state index is 9.09. The number of aliphatic hydroxyl groups excluding tert-OH is 1. The molecular weight excluding hydrogens is 180 g/mol. The van der Waals surface area contributed by atoms with E-state index in [1.54, 1.807) is 13.3 Å². The van der Waals surface area contributed by atoms with Crippen molar-refractivity contribution in [3.8, 4) is 0 Å². The van der Waals surface area contributed by atoms with Gasteiger partial charge in [0, 0.05) is 32.5 Å². The molecule has 0 fully saturated rings. The van der Waals surface area contributed by atoms with Gasteiger partial charge in [0.15, 0.2) is 0 Å². The van der Waals surface area contributed by atoms with Crippen LogP contribution in [0.5, 0.6) is 0 Å². The van der Waals surface area contributed by atoms with E-state index in [0.29, 0.717) is 6.61 Å². The van der Waals surface area contributed by atoms with Gasteiger partial charge in [-0.1, -0.05) is 6.07 Å². The number of nitrogens with zero attached hydrogens (tertiary/aromatic N) is 2. The fourth-order valence-electron chi connectivity index (χ4n) is 1.23. The molecule has 0 atom stereocenters. The lowest BCUT2D eigenvalue weighted by molar-refractivity contribution is 0.206. The summed E-state index contributed by atoms with van der Waals surface area (Å²) in [5.41, 5.74) is 0.839. The average Bonchev–Trinajstić information content (AvgIpc) is 2.25. The molecule has 4 nitrogen and oxygen atoms in total. The minimum atomic E-state index is 0.0144. The first-order valence-corrected chi connectivity index (χ1v) is 4.54. The Hall–Kier alpha value is -1.13. The van der Waals surface area contributed by atoms with Crippen molar-refractivity contribution in [2.45, 2.75) is 6.61 Å². The average molecular weight is 196 g/mol. The van der Waals surface area contributed by atoms with E-state index in [-0.39, 0.29) is 6.61 Å². The van der Waals surface area contributed by atoms with E-state index in [0.717, 1.165) is 17.9 Å². The van der Waals surface area contributed by atoms with Gasteiger partial charge in [0.05, 0.1) is 13.2 Å². The topological polar surface area (TPSA) is 45.6 Å². The number of ether oxygens (including phenoxy) is 1. The molecule has 78 valence electrons. The van der Waals surface area contributed by atoms with Crippen LogP contribution in [-0.4, -0.2) is 37.4 Å². The number of pyridine rings is 1. The fourth-order valence-corrected chi connectivity index (χ4v) is 1.23. The minimum absolute atomic E-state index is 0.0144. The molecule has 1 heterocycles. The molecule has 0 bridgehead atoms. The highest BCUT2D eigenvalue weighted by Gasteiger charge is 2.06. The summed E-state index contributed by atoms with van der Waals surface area (Å²) in [6.07, 6.45) is 1.72. The van der Waals surface area contributed by atoms with Crippen LogP contribution in [0.3, 0.4) is 0 Å². The summed E-state index contributed by atoms with van der Waals surface area (Å²) in [7, 11) is 3.60. The van der Waals surface area contributed by atoms with Crippen molar-refractivity contribution in [1.29, 1.82) is 0 Å². The van der Waals surface area contributed by atoms with E-state index in [2.05, 4.69) is 4.98 Å². The molecule has 0 aliphatic rings. The third-order valence-corrected chi connectivity index (χ3v) is 2.03. The molecule has 1 aromatic rings. The van der Waals surface area contributed by atoms with Gasteiger partial charge < -0.3 is 14.7 Å². The molecule has 0 saturated carbocycles. The molecule has 0 unspecified atom stereocenters. The maximum atomic E-state index is 9.09. The van der Waals surface area contributed by atoms with Crippen LogP contribution in [0.1, 0.15) is 5.56 Å². The van der Waals surface area contributed by atoms with Crippen LogP contribution < -0.4 is 4.90 Å². The molecular formula is C10H16N2O2. The first-order chi connectivity index (χ1) is 6.79. The Morgan fingerprint density at radius 3 is 3.00 bits per heavy atom. The molecule has 1 aromatic heterocycles. The van der Waals surface area contributed by atoms with Crippen molar-refractivity contribution in [1.82, 2.24) is 4.98 Å². The van der Waals surface area contributed by atoms with Crippen LogP contribution in [0.25, 0.3) is 0 Å². The summed E-state index contributed by atoms with van der Waals surface area (Å²) in [6.45, 7) is 1.43. The lowest BCUT2D eigenvalue weighted by atomic mass is 10.2. The van der Waals surface area contributed by atoms with Gasteiger partial charge >= 0.3 is 0 Å². The summed E-state index contributed by atoms with van der Waals surface area (Å²) >= 11 is 0. The Balaban J connectivity index is 2.72. The molecule has 1 N–H and O–H groups in total. The summed E-state index contributed by atoms with van der Waals surface area (Å²) in [4.78, 5) is 6.18. The van der Waals surface area contributed by atoms with Gasteiger partial charge in [-0.15, -0.1) is 0 Å². The van der Waals surface area contributed by atoms with Crippen molar-refractivity contribution in [2.75, 3.05) is 32.2 Å². The van der Waals surface area contributed by atoms with Crippen LogP contribution in [0.2, 0.25) is 0 Å². The molecule has 0 spiro atoms. The van der Waals surface area contributed by atoms with E-state index in [9.17, 15) is 0 Å². The number of hydrogen-bond donors (Lipinski definition) is 1. The Kier molecular flexibility index (Phi) is 4.35. The van der Waals surface area contributed by atoms with Crippen molar-refractivity contribution in [3.63, 3.8) is 0 Å². The summed E-state index contributed by atoms with van der Waals surface area (Å²) in [6, 6.07) is 3.69. The third kappa shape index (κ3) is 2.68. The van der Waals surface area contributed by atoms with Gasteiger partial charge in [-0.05, 0) is 6.07 Å². The zero-order chi connectivity index (χ0) is 10.4. The number of aromatic nitrogens is 1. The molecule has 14 heavy (non-hydrogen) atoms. The number of methoxy groups -OCH3 is 1. The number of anilines is 1. The van der Waals surface area contributed by atoms with Crippen molar-refractivity contribution >= 4 is 5.82 Å². The van der Waals surface area contributed by atoms with Gasteiger partial charge in [0.1, 0.15) is 5.82 Å². The zero-order valence-corrected chi connectivity index (χ0v) is 8.60. The van der Waals surface area contributed by atoms with Gasteiger partial charge in [0.2, 0.25) is 0 Å². The van der Waals surface area contributed by atoms with E-state index < -0.39 is 0 Å². The lowest BCUT2D eigenvalue weighted by Crippen LogP contribution is -2.24. The second kappa shape index (κ2) is 5.57. The van der Waals surface area contributed by atoms with E-state index in [4.69, 9.17) is 9.84 Å². The molecule has 0 aromatic carbocycles. The molecule has 0 aliphatic carbocycles. The van der Waals surface area contributed by atoms with Crippen LogP contribution in [0.15, 0.2) is 18.3 Å². The Bertz CT molecular complexity index is 279. The Morgan fingerprint density at radius 1 is 1.57 bits per heavy atom. The normalized spacial score (nSPS) is 10.2. The number of hydrogen-bond acceptors (Lipinski definition) is 4. The van der Waals surface area contributed by atoms with Crippen molar-refractivity contribution in [2.24, 2.45) is 0 Å². The second-order valence-corrected chi connectivity index (χ2v) is 3.06. The first-order valence-electron chi connectivity index (χ1n) is 4.54. The predicted octanol–water partition coefficient (Wildman–Crippen LogP) is 0.657. The number of rotatable bonds is 5. The quantitative estimate of drug-likeness (QED) is 0.751. The van der Waals surface area contributed by atoms with Crippen LogP contribution in [-0.2, 0) is 11.3 Å². The summed E-state index contributed by atoms with van der Waals surface area (Å²) < 4.78 is 4.98. The highest BCUT2D eigenvalue weighted by molar-refractivity contribution is 5.45. The van der Waals surface area contributed by atoms with Crippen LogP contribution in [0, 0.1) is 0 Å². The molecule has 0 amide bonds. The van der Waals surface area contributed by atoms with Gasteiger partial charge in [-0.3, -0.25) is 0 Å². The SMILES string of the molecule is COCCN(C)c1ncccc1CO. The number of likely N-dealkylation sites (N-methyl/N-ethyl adjacent to an activating group) is 1. The van der Waals surface area contributed by atoms with E-state index >= 15 is 0 Å². The molecule has 0 aliphatic heterocycles. The predicted molar refractivity (Wildman–Crippen MR) is 55.3 cm³/mol. The van der Waals surface area contributed by atoms with Crippen LogP contribution in [0.4, 0.5) is 5.82 Å². The summed E-state index contributed by atoms with van der Waals surface area (Å²) in [5.74, 6) is 0.812. The molecule has 1 rings (SSSR count). The highest BCUT2D eigenvalue weighted by Crippen LogP contribution is 2.14. The van der Waals surface area contributed by atoms with E-state index in [1.807, 2.05) is 24.1 Å². The molecule has 0 saturated heterocycles. The Morgan fingerprint density at radius 2 is 2.36 bits per heavy atom. The van der Waals surface area contributed by atoms with Gasteiger partial charge in [-0.25, -0.2) is 4.98 Å². The van der Waals surface area contributed by atoms with Crippen molar-refractivity contribution in [3.05, 3.63) is 23.9 Å². The second-order valence-electron chi connectivity index (χ2n) is 3.06. The monoisotopic (exact) mass is 196 g/mol.